The highest BCUT2D eigenvalue weighted by molar-refractivity contribution is 5.92. The van der Waals surface area contributed by atoms with E-state index in [-0.39, 0.29) is 18.1 Å². The van der Waals surface area contributed by atoms with Gasteiger partial charge in [-0.2, -0.15) is 0 Å². The van der Waals surface area contributed by atoms with Gasteiger partial charge in [0.05, 0.1) is 0 Å². The van der Waals surface area contributed by atoms with Crippen molar-refractivity contribution in [1.82, 2.24) is 20.4 Å². The third-order valence-electron chi connectivity index (χ3n) is 2.69. The monoisotopic (exact) mass is 295 g/mol. The predicted octanol–water partition coefficient (Wildman–Crippen LogP) is -0.321. The summed E-state index contributed by atoms with van der Waals surface area (Å²) in [6.07, 6.45) is 0. The van der Waals surface area contributed by atoms with Crippen molar-refractivity contribution in [2.45, 2.75) is 6.92 Å². The van der Waals surface area contributed by atoms with Gasteiger partial charge in [0.15, 0.2) is 11.5 Å². The Labute approximate surface area is 123 Å². The molecule has 0 saturated carbocycles. The maximum absolute atomic E-state index is 11.6. The van der Waals surface area contributed by atoms with E-state index in [2.05, 4.69) is 15.5 Å². The molecule has 2 N–H and O–H groups in total. The van der Waals surface area contributed by atoms with Gasteiger partial charge in [-0.15, -0.1) is 10.2 Å². The van der Waals surface area contributed by atoms with Gasteiger partial charge in [-0.3, -0.25) is 9.59 Å². The summed E-state index contributed by atoms with van der Waals surface area (Å²) in [5.41, 5.74) is 0.212. The molecule has 0 aliphatic heterocycles. The number of nitrogens with zero attached hydrogens (tertiary/aromatic N) is 4. The molecule has 21 heavy (non-hydrogen) atoms. The van der Waals surface area contributed by atoms with Crippen molar-refractivity contribution in [2.75, 3.05) is 45.2 Å². The molecule has 0 saturated heterocycles. The first kappa shape index (κ1) is 16.8. The van der Waals surface area contributed by atoms with Gasteiger partial charge in [0.2, 0.25) is 0 Å². The van der Waals surface area contributed by atoms with Gasteiger partial charge < -0.3 is 20.2 Å². The number of aliphatic carboxylic acids is 1. The van der Waals surface area contributed by atoms with Crippen LogP contribution in [0.15, 0.2) is 12.1 Å². The second-order valence-corrected chi connectivity index (χ2v) is 4.75. The number of nitrogens with one attached hydrogen (secondary N) is 1. The fraction of sp³-hybridized carbons (Fsp3) is 0.538. The number of carbonyl (C=O) groups is 2. The Kier molecular flexibility index (Phi) is 6.54. The normalized spacial score (nSPS) is 10.5. The topological polar surface area (TPSA) is 98.7 Å². The van der Waals surface area contributed by atoms with Crippen molar-refractivity contribution in [3.05, 3.63) is 17.8 Å². The Bertz CT molecular complexity index is 475. The summed E-state index contributed by atoms with van der Waals surface area (Å²) in [6.45, 7) is 3.36. The summed E-state index contributed by atoms with van der Waals surface area (Å²) in [4.78, 5) is 26.1. The van der Waals surface area contributed by atoms with Crippen molar-refractivity contribution < 1.29 is 14.7 Å². The zero-order chi connectivity index (χ0) is 15.8. The number of likely N-dealkylation sites (N-methyl/N-ethyl adjacent to an activating group) is 1. The summed E-state index contributed by atoms with van der Waals surface area (Å²) < 4.78 is 0. The highest BCUT2D eigenvalue weighted by Gasteiger charge is 2.14. The molecule has 8 heteroatoms. The van der Waals surface area contributed by atoms with E-state index in [1.807, 2.05) is 25.9 Å². The minimum absolute atomic E-state index is 0.164. The number of hydrogen-bond acceptors (Lipinski definition) is 6. The van der Waals surface area contributed by atoms with Crippen LogP contribution >= 0.6 is 0 Å². The van der Waals surface area contributed by atoms with Gasteiger partial charge in [-0.25, -0.2) is 0 Å². The average Bonchev–Trinajstić information content (AvgIpc) is 2.43. The molecule has 1 amide bonds. The molecule has 0 bridgehead atoms. The van der Waals surface area contributed by atoms with Crippen LogP contribution in [0.5, 0.6) is 0 Å². The van der Waals surface area contributed by atoms with Gasteiger partial charge >= 0.3 is 5.97 Å². The Morgan fingerprint density at radius 1 is 1.24 bits per heavy atom. The molecule has 116 valence electrons. The van der Waals surface area contributed by atoms with E-state index in [0.717, 1.165) is 0 Å². The van der Waals surface area contributed by atoms with E-state index >= 15 is 0 Å². The van der Waals surface area contributed by atoms with Gasteiger partial charge in [0.25, 0.3) is 5.91 Å². The molecule has 0 aromatic carbocycles. The minimum Gasteiger partial charge on any atom is -0.480 e. The average molecular weight is 295 g/mol. The third kappa shape index (κ3) is 5.74. The van der Waals surface area contributed by atoms with E-state index in [4.69, 9.17) is 5.11 Å². The van der Waals surface area contributed by atoms with Crippen LogP contribution in [0.25, 0.3) is 0 Å². The molecule has 8 nitrogen and oxygen atoms in total. The lowest BCUT2D eigenvalue weighted by Gasteiger charge is -2.23. The first-order chi connectivity index (χ1) is 9.93. The van der Waals surface area contributed by atoms with Crippen molar-refractivity contribution in [2.24, 2.45) is 0 Å². The number of carboxylic acids is 1. The summed E-state index contributed by atoms with van der Waals surface area (Å²) in [7, 11) is 3.81. The zero-order valence-electron chi connectivity index (χ0n) is 12.5. The maximum Gasteiger partial charge on any atom is 0.323 e. The molecule has 1 heterocycles. The molecule has 0 unspecified atom stereocenters. The predicted molar refractivity (Wildman–Crippen MR) is 78.4 cm³/mol. The van der Waals surface area contributed by atoms with Crippen molar-refractivity contribution >= 4 is 17.7 Å². The fourth-order valence-electron chi connectivity index (χ4n) is 1.62. The first-order valence-electron chi connectivity index (χ1n) is 6.67. The molecule has 1 aromatic rings. The van der Waals surface area contributed by atoms with Gasteiger partial charge in [-0.05, 0) is 33.2 Å². The van der Waals surface area contributed by atoms with E-state index in [1.54, 1.807) is 11.0 Å². The summed E-state index contributed by atoms with van der Waals surface area (Å²) in [5, 5.41) is 19.4. The second-order valence-electron chi connectivity index (χ2n) is 4.75. The summed E-state index contributed by atoms with van der Waals surface area (Å²) in [5.74, 6) is -0.801. The molecule has 0 spiro atoms. The number of anilines is 1. The van der Waals surface area contributed by atoms with Crippen molar-refractivity contribution in [3.8, 4) is 0 Å². The van der Waals surface area contributed by atoms with Crippen LogP contribution in [-0.4, -0.2) is 72.4 Å². The second kappa shape index (κ2) is 8.15. The molecule has 0 aliphatic rings. The summed E-state index contributed by atoms with van der Waals surface area (Å²) >= 11 is 0. The third-order valence-corrected chi connectivity index (χ3v) is 2.69. The van der Waals surface area contributed by atoms with Crippen LogP contribution in [0.4, 0.5) is 5.82 Å². The van der Waals surface area contributed by atoms with Crippen molar-refractivity contribution in [1.29, 1.82) is 0 Å². The molecule has 0 aliphatic carbocycles. The molecule has 1 aromatic heterocycles. The Balaban J connectivity index is 2.82. The van der Waals surface area contributed by atoms with E-state index < -0.39 is 5.97 Å². The highest BCUT2D eigenvalue weighted by Crippen LogP contribution is 2.09. The van der Waals surface area contributed by atoms with Crippen molar-refractivity contribution in [3.63, 3.8) is 0 Å². The van der Waals surface area contributed by atoms with Crippen LogP contribution < -0.4 is 10.2 Å². The molecule has 1 rings (SSSR count). The zero-order valence-corrected chi connectivity index (χ0v) is 12.5. The number of aromatic nitrogens is 2. The first-order valence-corrected chi connectivity index (χ1v) is 6.67. The lowest BCUT2D eigenvalue weighted by atomic mass is 10.3. The number of rotatable bonds is 8. The molecule has 0 fully saturated rings. The maximum atomic E-state index is 11.6. The molecular weight excluding hydrogens is 274 g/mol. The van der Waals surface area contributed by atoms with E-state index in [0.29, 0.717) is 25.5 Å². The minimum atomic E-state index is -0.941. The number of amides is 1. The highest BCUT2D eigenvalue weighted by atomic mass is 16.4. The van der Waals surface area contributed by atoms with Crippen LogP contribution in [0.3, 0.4) is 0 Å². The lowest BCUT2D eigenvalue weighted by molar-refractivity contribution is -0.135. The largest absolute Gasteiger partial charge is 0.480 e. The van der Waals surface area contributed by atoms with Gasteiger partial charge in [0, 0.05) is 19.6 Å². The Morgan fingerprint density at radius 3 is 2.43 bits per heavy atom. The fourth-order valence-corrected chi connectivity index (χ4v) is 1.62. The van der Waals surface area contributed by atoms with Crippen LogP contribution in [0.1, 0.15) is 17.4 Å². The number of carboxylic acid groups (broad SMARTS) is 1. The van der Waals surface area contributed by atoms with Crippen LogP contribution in [0.2, 0.25) is 0 Å². The summed E-state index contributed by atoms with van der Waals surface area (Å²) in [6, 6.07) is 3.15. The van der Waals surface area contributed by atoms with Gasteiger partial charge in [0.1, 0.15) is 6.54 Å². The molecule has 0 radical (unpaired) electrons. The van der Waals surface area contributed by atoms with Crippen LogP contribution in [-0.2, 0) is 4.79 Å². The molecular formula is C13H21N5O3. The SMILES string of the molecule is CCNC(=O)c1ccc(N(CCN(C)C)CC(=O)O)nn1. The number of carbonyl (C=O) groups excluding carboxylic acids is 1. The lowest BCUT2D eigenvalue weighted by Crippen LogP contribution is -2.36. The van der Waals surface area contributed by atoms with Crippen LogP contribution in [0, 0.1) is 0 Å². The molecule has 0 atom stereocenters. The van der Waals surface area contributed by atoms with E-state index in [9.17, 15) is 9.59 Å². The van der Waals surface area contributed by atoms with E-state index in [1.165, 1.54) is 6.07 Å². The Hall–Kier alpha value is -2.22. The smallest absolute Gasteiger partial charge is 0.323 e. The number of hydrogen-bond donors (Lipinski definition) is 2. The van der Waals surface area contributed by atoms with Gasteiger partial charge in [-0.1, -0.05) is 0 Å². The standard InChI is InChI=1S/C13H21N5O3/c1-4-14-13(21)10-5-6-11(16-15-10)18(9-12(19)20)8-7-17(2)3/h5-6H,4,7-9H2,1-3H3,(H,14,21)(H,19,20). The quantitative estimate of drug-likeness (QED) is 0.678. The Morgan fingerprint density at radius 2 is 1.95 bits per heavy atom.